The molecule has 0 aliphatic heterocycles. The Hall–Kier alpha value is -1.03. The summed E-state index contributed by atoms with van der Waals surface area (Å²) in [6.07, 6.45) is 0. The molecule has 112 valence electrons. The van der Waals surface area contributed by atoms with Gasteiger partial charge in [0.2, 0.25) is 5.91 Å². The molecular weight excluding hydrogens is 273 g/mol. The van der Waals surface area contributed by atoms with Gasteiger partial charge in [0.25, 0.3) is 0 Å². The van der Waals surface area contributed by atoms with E-state index in [9.17, 15) is 9.18 Å². The third kappa shape index (κ3) is 5.53. The van der Waals surface area contributed by atoms with Crippen LogP contribution in [0.3, 0.4) is 0 Å². The Morgan fingerprint density at radius 2 is 1.80 bits per heavy atom. The number of carbonyl (C=O) groups is 1. The lowest BCUT2D eigenvalue weighted by Gasteiger charge is -2.25. The molecule has 0 aromatic heterocycles. The first-order chi connectivity index (χ1) is 9.41. The maximum Gasteiger partial charge on any atom is 0.230 e. The Bertz CT molecular complexity index is 426. The van der Waals surface area contributed by atoms with E-state index in [0.29, 0.717) is 29.2 Å². The van der Waals surface area contributed by atoms with E-state index in [-0.39, 0.29) is 17.5 Å². The smallest absolute Gasteiger partial charge is 0.230 e. The second kappa shape index (κ2) is 8.30. The Kier molecular flexibility index (Phi) is 7.06. The fourth-order valence-electron chi connectivity index (χ4n) is 2.23. The number of carbonyl (C=O) groups excluding carboxylic acids is 1. The minimum absolute atomic E-state index is 0.0375. The third-order valence-corrected chi connectivity index (χ3v) is 4.49. The molecule has 0 saturated heterocycles. The summed E-state index contributed by atoms with van der Waals surface area (Å²) in [6.45, 7) is 9.37. The van der Waals surface area contributed by atoms with E-state index in [0.717, 1.165) is 0 Å². The Balaban J connectivity index is 2.39. The first-order valence-corrected chi connectivity index (χ1v) is 8.04. The summed E-state index contributed by atoms with van der Waals surface area (Å²) in [5.41, 5.74) is 0. The molecule has 0 unspecified atom stereocenters. The van der Waals surface area contributed by atoms with Crippen LogP contribution in [0.2, 0.25) is 0 Å². The number of benzene rings is 1. The number of hydrogen-bond donors (Lipinski definition) is 1. The van der Waals surface area contributed by atoms with Crippen LogP contribution in [-0.2, 0) is 4.79 Å². The third-order valence-electron chi connectivity index (χ3n) is 3.44. The Morgan fingerprint density at radius 1 is 1.20 bits per heavy atom. The lowest BCUT2D eigenvalue weighted by molar-refractivity contribution is -0.118. The van der Waals surface area contributed by atoms with Crippen LogP contribution in [0.15, 0.2) is 29.2 Å². The number of hydrogen-bond acceptors (Lipinski definition) is 2. The van der Waals surface area contributed by atoms with Crippen molar-refractivity contribution in [2.24, 2.45) is 17.8 Å². The zero-order valence-electron chi connectivity index (χ0n) is 12.7. The van der Waals surface area contributed by atoms with E-state index in [1.807, 2.05) is 0 Å². The second-order valence-electron chi connectivity index (χ2n) is 5.68. The molecule has 1 N–H and O–H groups in total. The van der Waals surface area contributed by atoms with Crippen LogP contribution >= 0.6 is 11.8 Å². The van der Waals surface area contributed by atoms with Gasteiger partial charge in [-0.1, -0.05) is 39.8 Å². The Labute approximate surface area is 125 Å². The molecule has 0 radical (unpaired) electrons. The van der Waals surface area contributed by atoms with Gasteiger partial charge in [-0.2, -0.15) is 0 Å². The highest BCUT2D eigenvalue weighted by atomic mass is 32.2. The van der Waals surface area contributed by atoms with Crippen molar-refractivity contribution in [2.75, 3.05) is 12.3 Å². The maximum atomic E-state index is 13.4. The predicted molar refractivity (Wildman–Crippen MR) is 83.3 cm³/mol. The lowest BCUT2D eigenvalue weighted by atomic mass is 9.85. The van der Waals surface area contributed by atoms with E-state index in [1.165, 1.54) is 17.8 Å². The Morgan fingerprint density at radius 3 is 2.35 bits per heavy atom. The summed E-state index contributed by atoms with van der Waals surface area (Å²) >= 11 is 1.24. The summed E-state index contributed by atoms with van der Waals surface area (Å²) in [7, 11) is 0. The van der Waals surface area contributed by atoms with Crippen molar-refractivity contribution in [3.05, 3.63) is 30.1 Å². The second-order valence-corrected chi connectivity index (χ2v) is 6.69. The largest absolute Gasteiger partial charge is 0.355 e. The van der Waals surface area contributed by atoms with Gasteiger partial charge in [-0.15, -0.1) is 11.8 Å². The molecule has 0 aliphatic rings. The fraction of sp³-hybridized carbons (Fsp3) is 0.562. The topological polar surface area (TPSA) is 29.1 Å². The number of nitrogens with one attached hydrogen (secondary N) is 1. The molecule has 0 fully saturated rings. The van der Waals surface area contributed by atoms with Gasteiger partial charge in [-0.25, -0.2) is 4.39 Å². The van der Waals surface area contributed by atoms with Crippen molar-refractivity contribution in [3.8, 4) is 0 Å². The summed E-state index contributed by atoms with van der Waals surface area (Å²) in [4.78, 5) is 12.3. The normalized spacial score (nSPS) is 11.4. The van der Waals surface area contributed by atoms with Gasteiger partial charge in [-0.3, -0.25) is 4.79 Å². The summed E-state index contributed by atoms with van der Waals surface area (Å²) < 4.78 is 13.4. The molecule has 20 heavy (non-hydrogen) atoms. The number of amides is 1. The molecule has 0 spiro atoms. The van der Waals surface area contributed by atoms with Crippen LogP contribution in [0.25, 0.3) is 0 Å². The summed E-state index contributed by atoms with van der Waals surface area (Å²) in [5.74, 6) is 1.49. The molecule has 1 aromatic rings. The van der Waals surface area contributed by atoms with Gasteiger partial charge in [0.05, 0.1) is 5.75 Å². The molecule has 0 heterocycles. The van der Waals surface area contributed by atoms with Gasteiger partial charge in [0, 0.05) is 11.4 Å². The lowest BCUT2D eigenvalue weighted by Crippen LogP contribution is -2.34. The molecule has 2 nitrogen and oxygen atoms in total. The van der Waals surface area contributed by atoms with Gasteiger partial charge in [0.15, 0.2) is 0 Å². The SMILES string of the molecule is CC(C)C(CNC(=O)CSc1ccccc1F)C(C)C. The average Bonchev–Trinajstić information content (AvgIpc) is 2.37. The van der Waals surface area contributed by atoms with E-state index >= 15 is 0 Å². The first kappa shape index (κ1) is 17.0. The van der Waals surface area contributed by atoms with Crippen LogP contribution in [-0.4, -0.2) is 18.2 Å². The molecule has 1 aromatic carbocycles. The van der Waals surface area contributed by atoms with Crippen molar-refractivity contribution >= 4 is 17.7 Å². The fourth-order valence-corrected chi connectivity index (χ4v) is 3.00. The van der Waals surface area contributed by atoms with Crippen LogP contribution in [0.4, 0.5) is 4.39 Å². The summed E-state index contributed by atoms with van der Waals surface area (Å²) in [5, 5.41) is 2.95. The predicted octanol–water partition coefficient (Wildman–Crippen LogP) is 3.96. The van der Waals surface area contributed by atoms with Crippen LogP contribution < -0.4 is 5.32 Å². The minimum Gasteiger partial charge on any atom is -0.355 e. The quantitative estimate of drug-likeness (QED) is 0.772. The van der Waals surface area contributed by atoms with E-state index < -0.39 is 0 Å². The van der Waals surface area contributed by atoms with Crippen LogP contribution in [0.5, 0.6) is 0 Å². The van der Waals surface area contributed by atoms with Gasteiger partial charge >= 0.3 is 0 Å². The van der Waals surface area contributed by atoms with Crippen LogP contribution in [0.1, 0.15) is 27.7 Å². The summed E-state index contributed by atoms with van der Waals surface area (Å²) in [6, 6.07) is 6.53. The minimum atomic E-state index is -0.271. The van der Waals surface area contributed by atoms with Crippen molar-refractivity contribution in [3.63, 3.8) is 0 Å². The molecule has 4 heteroatoms. The highest BCUT2D eigenvalue weighted by Gasteiger charge is 2.18. The molecule has 1 rings (SSSR count). The number of halogens is 1. The monoisotopic (exact) mass is 297 g/mol. The molecule has 0 bridgehead atoms. The highest BCUT2D eigenvalue weighted by Crippen LogP contribution is 2.21. The van der Waals surface area contributed by atoms with Gasteiger partial charge in [0.1, 0.15) is 5.82 Å². The van der Waals surface area contributed by atoms with Crippen molar-refractivity contribution in [2.45, 2.75) is 32.6 Å². The van der Waals surface area contributed by atoms with E-state index in [2.05, 4.69) is 33.0 Å². The first-order valence-electron chi connectivity index (χ1n) is 7.05. The van der Waals surface area contributed by atoms with Crippen molar-refractivity contribution in [1.29, 1.82) is 0 Å². The zero-order valence-corrected chi connectivity index (χ0v) is 13.5. The van der Waals surface area contributed by atoms with Crippen molar-refractivity contribution < 1.29 is 9.18 Å². The molecular formula is C16H24FNOS. The maximum absolute atomic E-state index is 13.4. The molecule has 1 amide bonds. The average molecular weight is 297 g/mol. The van der Waals surface area contributed by atoms with Gasteiger partial charge in [-0.05, 0) is 29.9 Å². The highest BCUT2D eigenvalue weighted by molar-refractivity contribution is 8.00. The molecule has 0 atom stereocenters. The zero-order chi connectivity index (χ0) is 15.1. The van der Waals surface area contributed by atoms with Gasteiger partial charge < -0.3 is 5.32 Å². The number of rotatable bonds is 7. The van der Waals surface area contributed by atoms with E-state index in [1.54, 1.807) is 18.2 Å². The van der Waals surface area contributed by atoms with E-state index in [4.69, 9.17) is 0 Å². The van der Waals surface area contributed by atoms with Crippen LogP contribution in [0, 0.1) is 23.6 Å². The number of thioether (sulfide) groups is 1. The van der Waals surface area contributed by atoms with Crippen molar-refractivity contribution in [1.82, 2.24) is 5.32 Å². The molecule has 0 saturated carbocycles. The molecule has 0 aliphatic carbocycles. The standard InChI is InChI=1S/C16H24FNOS/c1-11(2)13(12(3)4)9-18-16(19)10-20-15-8-6-5-7-14(15)17/h5-8,11-13H,9-10H2,1-4H3,(H,18,19).